The van der Waals surface area contributed by atoms with Crippen LogP contribution in [-0.4, -0.2) is 23.1 Å². The van der Waals surface area contributed by atoms with Gasteiger partial charge in [-0.1, -0.05) is 32.0 Å². The van der Waals surface area contributed by atoms with E-state index in [-0.39, 0.29) is 18.6 Å². The summed E-state index contributed by atoms with van der Waals surface area (Å²) in [5.74, 6) is 1.38. The molecule has 2 aromatic carbocycles. The number of carboxylic acid groups (broad SMARTS) is 1. The maximum absolute atomic E-state index is 15.2. The highest BCUT2D eigenvalue weighted by molar-refractivity contribution is 5.49. The van der Waals surface area contributed by atoms with Crippen LogP contribution in [0, 0.1) is 11.7 Å². The molecule has 0 bridgehead atoms. The SMILES string of the molecule is CC1(C)CNC(c2ccccc2C(F)(F)F)c2cc(COc3cc4c(cn3)C3CC3C4)c(F)cc21.O=CO. The summed E-state index contributed by atoms with van der Waals surface area (Å²) >= 11 is 0. The maximum Gasteiger partial charge on any atom is 0.416 e. The lowest BCUT2D eigenvalue weighted by Crippen LogP contribution is -2.43. The number of rotatable bonds is 4. The third kappa shape index (κ3) is 4.87. The molecule has 3 unspecified atom stereocenters. The van der Waals surface area contributed by atoms with Gasteiger partial charge in [0.05, 0.1) is 11.6 Å². The Morgan fingerprint density at radius 2 is 1.89 bits per heavy atom. The number of carbonyl (C=O) groups is 1. The van der Waals surface area contributed by atoms with E-state index in [0.29, 0.717) is 35.0 Å². The van der Waals surface area contributed by atoms with E-state index < -0.39 is 29.0 Å². The van der Waals surface area contributed by atoms with Gasteiger partial charge in [0, 0.05) is 29.8 Å². The first-order valence-corrected chi connectivity index (χ1v) is 12.4. The predicted octanol–water partition coefficient (Wildman–Crippen LogP) is 6.15. The van der Waals surface area contributed by atoms with Crippen molar-refractivity contribution in [2.45, 2.75) is 56.8 Å². The van der Waals surface area contributed by atoms with Crippen molar-refractivity contribution in [3.63, 3.8) is 0 Å². The Hall–Kier alpha value is -3.46. The van der Waals surface area contributed by atoms with Gasteiger partial charge in [-0.2, -0.15) is 13.2 Å². The monoisotopic (exact) mass is 528 g/mol. The number of hydrogen-bond acceptors (Lipinski definition) is 4. The minimum absolute atomic E-state index is 0.0498. The van der Waals surface area contributed by atoms with E-state index in [4.69, 9.17) is 14.6 Å². The van der Waals surface area contributed by atoms with Crippen LogP contribution in [0.5, 0.6) is 5.88 Å². The second kappa shape index (κ2) is 9.69. The summed E-state index contributed by atoms with van der Waals surface area (Å²) in [6, 6.07) is 9.90. The summed E-state index contributed by atoms with van der Waals surface area (Å²) < 4.78 is 62.4. The number of nitrogens with one attached hydrogen (secondary N) is 1. The van der Waals surface area contributed by atoms with Crippen LogP contribution in [0.1, 0.15) is 71.2 Å². The number of alkyl halides is 3. The van der Waals surface area contributed by atoms with Gasteiger partial charge in [-0.15, -0.1) is 0 Å². The fourth-order valence-corrected chi connectivity index (χ4v) is 5.78. The highest BCUT2D eigenvalue weighted by atomic mass is 19.4. The second-order valence-corrected chi connectivity index (χ2v) is 10.7. The average molecular weight is 529 g/mol. The van der Waals surface area contributed by atoms with Crippen LogP contribution >= 0.6 is 0 Å². The summed E-state index contributed by atoms with van der Waals surface area (Å²) in [6.07, 6.45) is -0.356. The molecule has 0 spiro atoms. The highest BCUT2D eigenvalue weighted by Gasteiger charge is 2.45. The lowest BCUT2D eigenvalue weighted by molar-refractivity contribution is -0.138. The molecule has 3 aromatic rings. The third-order valence-electron chi connectivity index (χ3n) is 7.76. The van der Waals surface area contributed by atoms with E-state index in [1.54, 1.807) is 12.1 Å². The van der Waals surface area contributed by atoms with E-state index in [9.17, 15) is 13.2 Å². The molecule has 1 fully saturated rings. The average Bonchev–Trinajstić information content (AvgIpc) is 3.54. The Labute approximate surface area is 217 Å². The molecule has 6 rings (SSSR count). The van der Waals surface area contributed by atoms with Crippen molar-refractivity contribution < 1.29 is 32.2 Å². The number of benzene rings is 2. The molecule has 3 aliphatic rings. The van der Waals surface area contributed by atoms with Gasteiger partial charge in [0.1, 0.15) is 12.4 Å². The quantitative estimate of drug-likeness (QED) is 0.314. The van der Waals surface area contributed by atoms with Crippen molar-refractivity contribution in [1.82, 2.24) is 10.3 Å². The Balaban J connectivity index is 0.000000937. The summed E-state index contributed by atoms with van der Waals surface area (Å²) in [5.41, 5.74) is 3.18. The van der Waals surface area contributed by atoms with Crippen LogP contribution in [0.15, 0.2) is 48.7 Å². The zero-order chi connectivity index (χ0) is 27.2. The van der Waals surface area contributed by atoms with Gasteiger partial charge in [-0.25, -0.2) is 9.37 Å². The number of aromatic nitrogens is 1. The third-order valence-corrected chi connectivity index (χ3v) is 7.76. The summed E-state index contributed by atoms with van der Waals surface area (Å²) in [6.45, 7) is 4.04. The summed E-state index contributed by atoms with van der Waals surface area (Å²) in [5, 5.41) is 10.2. The molecule has 1 saturated carbocycles. The minimum atomic E-state index is -4.49. The molecule has 1 aromatic heterocycles. The Morgan fingerprint density at radius 1 is 1.16 bits per heavy atom. The molecule has 0 saturated heterocycles. The molecule has 200 valence electrons. The molecule has 0 amide bonds. The van der Waals surface area contributed by atoms with Gasteiger partial charge in [-0.3, -0.25) is 4.79 Å². The lowest BCUT2D eigenvalue weighted by atomic mass is 9.74. The second-order valence-electron chi connectivity index (χ2n) is 10.7. The molecule has 3 atom stereocenters. The molecule has 2 aliphatic carbocycles. The van der Waals surface area contributed by atoms with Crippen molar-refractivity contribution in [2.75, 3.05) is 6.54 Å². The molecular weight excluding hydrogens is 500 g/mol. The van der Waals surface area contributed by atoms with Gasteiger partial charge in [0.15, 0.2) is 0 Å². The summed E-state index contributed by atoms with van der Waals surface area (Å²) in [7, 11) is 0. The molecule has 2 N–H and O–H groups in total. The number of ether oxygens (including phenoxy) is 1. The summed E-state index contributed by atoms with van der Waals surface area (Å²) in [4.78, 5) is 12.8. The molecule has 2 heterocycles. The van der Waals surface area contributed by atoms with E-state index in [2.05, 4.69) is 10.3 Å². The van der Waals surface area contributed by atoms with E-state index in [0.717, 1.165) is 18.4 Å². The minimum Gasteiger partial charge on any atom is -0.483 e. The molecular formula is C29H28F4N2O3. The Kier molecular flexibility index (Phi) is 6.67. The van der Waals surface area contributed by atoms with Crippen molar-refractivity contribution in [1.29, 1.82) is 0 Å². The first-order chi connectivity index (χ1) is 18.0. The van der Waals surface area contributed by atoms with E-state index in [1.165, 1.54) is 35.7 Å². The molecule has 9 heteroatoms. The highest BCUT2D eigenvalue weighted by Crippen LogP contribution is 2.56. The standard InChI is InChI=1S/C28H26F4N2O.CH2O2/c1-27(2)14-34-26(18-5-3-4-6-22(18)28(30,31)32)20-9-17(24(29)11-23(20)27)13-35-25-10-16-7-15-8-19(15)21(16)12-33-25;2-1-3/h3-6,9-12,15,19,26,34H,7-8,13-14H2,1-2H3;1H,(H,2,3). The number of fused-ring (bicyclic) bond motifs is 4. The van der Waals surface area contributed by atoms with Gasteiger partial charge in [0.25, 0.3) is 6.47 Å². The van der Waals surface area contributed by atoms with E-state index in [1.807, 2.05) is 26.1 Å². The van der Waals surface area contributed by atoms with Crippen LogP contribution in [-0.2, 0) is 29.4 Å². The number of pyridine rings is 1. The predicted molar refractivity (Wildman–Crippen MR) is 133 cm³/mol. The van der Waals surface area contributed by atoms with Gasteiger partial charge in [-0.05, 0) is 70.7 Å². The number of nitrogens with zero attached hydrogens (tertiary/aromatic N) is 1. The van der Waals surface area contributed by atoms with Crippen LogP contribution in [0.3, 0.4) is 0 Å². The zero-order valence-electron chi connectivity index (χ0n) is 21.0. The van der Waals surface area contributed by atoms with Crippen LogP contribution in [0.25, 0.3) is 0 Å². The lowest BCUT2D eigenvalue weighted by Gasteiger charge is -2.39. The maximum atomic E-state index is 15.2. The fraction of sp³-hybridized carbons (Fsp3) is 0.379. The first kappa shape index (κ1) is 26.2. The smallest absolute Gasteiger partial charge is 0.416 e. The van der Waals surface area contributed by atoms with Crippen molar-refractivity contribution in [2.24, 2.45) is 5.92 Å². The topological polar surface area (TPSA) is 71.5 Å². The first-order valence-electron chi connectivity index (χ1n) is 12.4. The van der Waals surface area contributed by atoms with Crippen LogP contribution in [0.4, 0.5) is 17.6 Å². The fourth-order valence-electron chi connectivity index (χ4n) is 5.78. The van der Waals surface area contributed by atoms with E-state index >= 15 is 4.39 Å². The van der Waals surface area contributed by atoms with Crippen LogP contribution in [0.2, 0.25) is 0 Å². The van der Waals surface area contributed by atoms with Crippen molar-refractivity contribution in [3.05, 3.63) is 93.4 Å². The number of hydrogen-bond donors (Lipinski definition) is 2. The van der Waals surface area contributed by atoms with Crippen molar-refractivity contribution in [3.8, 4) is 5.88 Å². The molecule has 1 aliphatic heterocycles. The molecule has 5 nitrogen and oxygen atoms in total. The molecule has 38 heavy (non-hydrogen) atoms. The van der Waals surface area contributed by atoms with Gasteiger partial charge in [0.2, 0.25) is 5.88 Å². The van der Waals surface area contributed by atoms with Crippen LogP contribution < -0.4 is 10.1 Å². The largest absolute Gasteiger partial charge is 0.483 e. The van der Waals surface area contributed by atoms with Crippen molar-refractivity contribution >= 4 is 6.47 Å². The zero-order valence-corrected chi connectivity index (χ0v) is 21.0. The normalized spacial score (nSPS) is 22.3. The number of halogens is 4. The Bertz CT molecular complexity index is 1370. The van der Waals surface area contributed by atoms with Gasteiger partial charge >= 0.3 is 6.18 Å². The van der Waals surface area contributed by atoms with Gasteiger partial charge < -0.3 is 15.2 Å². The molecule has 0 radical (unpaired) electrons. The Morgan fingerprint density at radius 3 is 2.63 bits per heavy atom.